The number of aromatic nitrogens is 2. The van der Waals surface area contributed by atoms with Crippen LogP contribution in [0.3, 0.4) is 0 Å². The molecule has 10 heteroatoms. The maximum atomic E-state index is 13.2. The smallest absolute Gasteiger partial charge is 0.416 e. The lowest BCUT2D eigenvalue weighted by Crippen LogP contribution is -2.23. The highest BCUT2D eigenvalue weighted by atomic mass is 35.5. The van der Waals surface area contributed by atoms with Gasteiger partial charge in [-0.15, -0.1) is 0 Å². The number of carbonyl (C=O) groups excluding carboxylic acids is 1. The third kappa shape index (κ3) is 5.53. The number of hydrogen-bond acceptors (Lipinski definition) is 4. The average molecular weight is 493 g/mol. The Kier molecular flexibility index (Phi) is 7.56. The normalized spacial score (nSPS) is 11.3. The van der Waals surface area contributed by atoms with Gasteiger partial charge in [0, 0.05) is 25.7 Å². The standard InChI is InChI=1S/C24H24ClF3N4O2/c1-5-31(15-33)22-21(16(2)30(3)4)32(14-17-9-11-19(25)12-10-17)23(29-22)34-20-8-6-7-18(13-20)24(26,27)28/h6-13,15H,2,5,14H2,1,3-4H3. The van der Waals surface area contributed by atoms with Crippen LogP contribution in [0.1, 0.15) is 23.7 Å². The number of nitrogens with zero attached hydrogens (tertiary/aromatic N) is 4. The average Bonchev–Trinajstić information content (AvgIpc) is 3.12. The van der Waals surface area contributed by atoms with E-state index in [0.29, 0.717) is 29.4 Å². The molecule has 2 aromatic carbocycles. The van der Waals surface area contributed by atoms with E-state index >= 15 is 0 Å². The second kappa shape index (κ2) is 10.2. The predicted octanol–water partition coefficient (Wildman–Crippen LogP) is 5.91. The molecule has 0 saturated heterocycles. The summed E-state index contributed by atoms with van der Waals surface area (Å²) in [6.45, 7) is 6.46. The molecule has 0 N–H and O–H groups in total. The Labute approximate surface area is 200 Å². The molecule has 1 amide bonds. The molecule has 0 unspecified atom stereocenters. The summed E-state index contributed by atoms with van der Waals surface area (Å²) in [6, 6.07) is 11.6. The number of alkyl halides is 3. The summed E-state index contributed by atoms with van der Waals surface area (Å²) < 4.78 is 47.2. The predicted molar refractivity (Wildman–Crippen MR) is 126 cm³/mol. The van der Waals surface area contributed by atoms with Crippen molar-refractivity contribution < 1.29 is 22.7 Å². The van der Waals surface area contributed by atoms with Crippen LogP contribution in [-0.2, 0) is 17.5 Å². The molecule has 0 atom stereocenters. The third-order valence-corrected chi connectivity index (χ3v) is 5.34. The Hall–Kier alpha value is -3.46. The minimum absolute atomic E-state index is 0.0163. The zero-order chi connectivity index (χ0) is 25.0. The first-order valence-electron chi connectivity index (χ1n) is 10.3. The molecule has 0 bridgehead atoms. The highest BCUT2D eigenvalue weighted by Gasteiger charge is 2.31. The van der Waals surface area contributed by atoms with Crippen LogP contribution in [0.2, 0.25) is 5.02 Å². The van der Waals surface area contributed by atoms with Crippen molar-refractivity contribution in [2.24, 2.45) is 0 Å². The van der Waals surface area contributed by atoms with Crippen LogP contribution in [0.4, 0.5) is 19.0 Å². The minimum Gasteiger partial charge on any atom is -0.425 e. The molecule has 0 radical (unpaired) electrons. The largest absolute Gasteiger partial charge is 0.425 e. The molecule has 0 aliphatic carbocycles. The lowest BCUT2D eigenvalue weighted by atomic mass is 10.2. The molecule has 1 heterocycles. The van der Waals surface area contributed by atoms with Crippen LogP contribution in [0.15, 0.2) is 55.1 Å². The van der Waals surface area contributed by atoms with Crippen molar-refractivity contribution in [2.75, 3.05) is 25.5 Å². The molecule has 0 saturated carbocycles. The maximum absolute atomic E-state index is 13.2. The molecule has 0 fully saturated rings. The molecule has 0 spiro atoms. The first-order valence-corrected chi connectivity index (χ1v) is 10.7. The Morgan fingerprint density at radius 2 is 1.88 bits per heavy atom. The lowest BCUT2D eigenvalue weighted by Gasteiger charge is -2.22. The van der Waals surface area contributed by atoms with Crippen LogP contribution in [0.5, 0.6) is 11.8 Å². The van der Waals surface area contributed by atoms with Gasteiger partial charge in [0.05, 0.1) is 17.8 Å². The summed E-state index contributed by atoms with van der Waals surface area (Å²) in [6.07, 6.45) is -3.89. The fraction of sp³-hybridized carbons (Fsp3) is 0.250. The summed E-state index contributed by atoms with van der Waals surface area (Å²) in [5, 5.41) is 0.562. The summed E-state index contributed by atoms with van der Waals surface area (Å²) >= 11 is 6.01. The highest BCUT2D eigenvalue weighted by Crippen LogP contribution is 2.36. The number of halogens is 4. The van der Waals surface area contributed by atoms with Gasteiger partial charge in [-0.25, -0.2) is 0 Å². The summed E-state index contributed by atoms with van der Waals surface area (Å²) in [5.41, 5.74) is 1.03. The van der Waals surface area contributed by atoms with E-state index in [1.807, 2.05) is 12.1 Å². The zero-order valence-corrected chi connectivity index (χ0v) is 19.7. The van der Waals surface area contributed by atoms with Gasteiger partial charge in [0.25, 0.3) is 0 Å². The van der Waals surface area contributed by atoms with Gasteiger partial charge in [0.1, 0.15) is 11.4 Å². The van der Waals surface area contributed by atoms with Crippen LogP contribution >= 0.6 is 11.6 Å². The lowest BCUT2D eigenvalue weighted by molar-refractivity contribution is -0.137. The molecule has 1 aromatic heterocycles. The fourth-order valence-electron chi connectivity index (χ4n) is 3.23. The molecule has 0 aliphatic heterocycles. The van der Waals surface area contributed by atoms with E-state index in [1.165, 1.54) is 17.0 Å². The van der Waals surface area contributed by atoms with Gasteiger partial charge in [-0.05, 0) is 42.8 Å². The van der Waals surface area contributed by atoms with Gasteiger partial charge in [-0.3, -0.25) is 14.3 Å². The quantitative estimate of drug-likeness (QED) is 0.348. The zero-order valence-electron chi connectivity index (χ0n) is 18.9. The minimum atomic E-state index is -4.52. The van der Waals surface area contributed by atoms with Crippen molar-refractivity contribution in [3.8, 4) is 11.8 Å². The van der Waals surface area contributed by atoms with E-state index in [0.717, 1.165) is 17.7 Å². The van der Waals surface area contributed by atoms with Crippen molar-refractivity contribution >= 4 is 29.5 Å². The Morgan fingerprint density at radius 1 is 1.21 bits per heavy atom. The number of benzene rings is 2. The van der Waals surface area contributed by atoms with Crippen LogP contribution in [-0.4, -0.2) is 41.5 Å². The maximum Gasteiger partial charge on any atom is 0.416 e. The summed E-state index contributed by atoms with van der Waals surface area (Å²) in [4.78, 5) is 19.4. The number of amides is 1. The molecule has 34 heavy (non-hydrogen) atoms. The molecule has 3 aromatic rings. The fourth-order valence-corrected chi connectivity index (χ4v) is 3.36. The van der Waals surface area contributed by atoms with E-state index in [4.69, 9.17) is 16.3 Å². The molecular weight excluding hydrogens is 469 g/mol. The number of rotatable bonds is 9. The van der Waals surface area contributed by atoms with Gasteiger partial charge in [0.15, 0.2) is 5.82 Å². The number of carbonyl (C=O) groups is 1. The second-order valence-corrected chi connectivity index (χ2v) is 8.08. The summed E-state index contributed by atoms with van der Waals surface area (Å²) in [5.74, 6) is 0.243. The monoisotopic (exact) mass is 492 g/mol. The van der Waals surface area contributed by atoms with Crippen LogP contribution < -0.4 is 9.64 Å². The first kappa shape index (κ1) is 25.2. The van der Waals surface area contributed by atoms with E-state index in [1.54, 1.807) is 42.6 Å². The molecule has 0 aliphatic rings. The SMILES string of the molecule is C=C(c1c(N(C=O)CC)nc(Oc2cccc(C(F)(F)F)c2)n1Cc1ccc(Cl)cc1)N(C)C. The van der Waals surface area contributed by atoms with Crippen molar-refractivity contribution in [2.45, 2.75) is 19.6 Å². The van der Waals surface area contributed by atoms with E-state index in [-0.39, 0.29) is 24.1 Å². The third-order valence-electron chi connectivity index (χ3n) is 5.09. The van der Waals surface area contributed by atoms with Gasteiger partial charge < -0.3 is 9.64 Å². The number of anilines is 1. The number of ether oxygens (including phenoxy) is 1. The number of imidazole rings is 1. The topological polar surface area (TPSA) is 50.6 Å². The molecule has 3 rings (SSSR count). The van der Waals surface area contributed by atoms with Crippen molar-refractivity contribution in [3.05, 3.63) is 77.0 Å². The van der Waals surface area contributed by atoms with E-state index in [9.17, 15) is 18.0 Å². The Morgan fingerprint density at radius 3 is 2.44 bits per heavy atom. The van der Waals surface area contributed by atoms with Gasteiger partial charge in [-0.1, -0.05) is 36.4 Å². The van der Waals surface area contributed by atoms with Crippen LogP contribution in [0, 0.1) is 0 Å². The molecule has 6 nitrogen and oxygen atoms in total. The summed E-state index contributed by atoms with van der Waals surface area (Å²) in [7, 11) is 3.58. The number of hydrogen-bond donors (Lipinski definition) is 0. The van der Waals surface area contributed by atoms with Gasteiger partial charge in [0.2, 0.25) is 6.41 Å². The Balaban J connectivity index is 2.18. The van der Waals surface area contributed by atoms with Gasteiger partial charge in [-0.2, -0.15) is 18.2 Å². The van der Waals surface area contributed by atoms with E-state index < -0.39 is 11.7 Å². The Bertz CT molecular complexity index is 1170. The van der Waals surface area contributed by atoms with Crippen molar-refractivity contribution in [3.63, 3.8) is 0 Å². The second-order valence-electron chi connectivity index (χ2n) is 7.64. The van der Waals surface area contributed by atoms with Crippen molar-refractivity contribution in [1.29, 1.82) is 0 Å². The first-order chi connectivity index (χ1) is 16.0. The molecule has 180 valence electrons. The van der Waals surface area contributed by atoms with Gasteiger partial charge >= 0.3 is 12.2 Å². The van der Waals surface area contributed by atoms with Crippen LogP contribution in [0.25, 0.3) is 5.70 Å². The molecular formula is C24H24ClF3N4O2. The van der Waals surface area contributed by atoms with E-state index in [2.05, 4.69) is 11.6 Å². The highest BCUT2D eigenvalue weighted by molar-refractivity contribution is 6.30. The van der Waals surface area contributed by atoms with Crippen molar-refractivity contribution in [1.82, 2.24) is 14.5 Å².